The summed E-state index contributed by atoms with van der Waals surface area (Å²) in [5.41, 5.74) is 0. The Morgan fingerprint density at radius 3 is 2.50 bits per heavy atom. The molecule has 2 rings (SSSR count). The van der Waals surface area contributed by atoms with Gasteiger partial charge in [-0.3, -0.25) is 4.90 Å². The highest BCUT2D eigenvalue weighted by Gasteiger charge is 2.26. The molecule has 1 heterocycles. The molecular weight excluding hydrogens is 302 g/mol. The maximum Gasteiger partial charge on any atom is 0.123 e. The molecule has 0 radical (unpaired) electrons. The molecule has 1 aromatic rings. The number of β-amino-alcohol motifs (C(OH)–C–C–N with tert-alkyl or cyclic N) is 1. The summed E-state index contributed by atoms with van der Waals surface area (Å²) in [5, 5.41) is 10.2. The van der Waals surface area contributed by atoms with Gasteiger partial charge >= 0.3 is 0 Å². The first-order valence-electron chi connectivity index (χ1n) is 7.81. The normalized spacial score (nSPS) is 23.5. The Hall–Kier alpha value is -0.970. The first-order chi connectivity index (χ1) is 10.1. The van der Waals surface area contributed by atoms with Crippen LogP contribution in [0.25, 0.3) is 0 Å². The number of aliphatic hydroxyl groups excluding tert-OH is 1. The Morgan fingerprint density at radius 2 is 1.86 bits per heavy atom. The average molecular weight is 330 g/mol. The molecule has 1 N–H and O–H groups in total. The number of methoxy groups -OCH3 is 1. The molecule has 126 valence electrons. The van der Waals surface area contributed by atoms with E-state index in [0.717, 1.165) is 11.5 Å². The van der Waals surface area contributed by atoms with Crippen molar-refractivity contribution in [3.63, 3.8) is 0 Å². The Labute approximate surface area is 139 Å². The largest absolute Gasteiger partial charge is 0.497 e. The van der Waals surface area contributed by atoms with E-state index in [1.165, 1.54) is 19.3 Å². The van der Waals surface area contributed by atoms with Gasteiger partial charge in [-0.2, -0.15) is 0 Å². The van der Waals surface area contributed by atoms with E-state index in [1.54, 1.807) is 7.11 Å². The van der Waals surface area contributed by atoms with Gasteiger partial charge in [0, 0.05) is 24.7 Å². The van der Waals surface area contributed by atoms with E-state index in [-0.39, 0.29) is 12.4 Å². The van der Waals surface area contributed by atoms with Crippen molar-refractivity contribution in [1.82, 2.24) is 4.90 Å². The van der Waals surface area contributed by atoms with Crippen LogP contribution in [0.5, 0.6) is 11.5 Å². The summed E-state index contributed by atoms with van der Waals surface area (Å²) in [5.74, 6) is 1.49. The Bertz CT molecular complexity index is 434. The molecule has 3 unspecified atom stereocenters. The van der Waals surface area contributed by atoms with Crippen LogP contribution in [0.15, 0.2) is 24.3 Å². The summed E-state index contributed by atoms with van der Waals surface area (Å²) in [6.45, 7) is 5.46. The highest BCUT2D eigenvalue weighted by atomic mass is 35.5. The first-order valence-corrected chi connectivity index (χ1v) is 7.81. The quantitative estimate of drug-likeness (QED) is 0.870. The minimum absolute atomic E-state index is 0. The van der Waals surface area contributed by atoms with Crippen LogP contribution in [0, 0.1) is 0 Å². The third-order valence-corrected chi connectivity index (χ3v) is 4.28. The standard InChI is InChI=1S/C17H27NO3.ClH/c1-13-6-4-7-14(2)18(13)11-15(19)12-21-17-9-5-8-16(10-17)20-3;/h5,8-10,13-15,19H,4,6-7,11-12H2,1-3H3;1H. The van der Waals surface area contributed by atoms with Gasteiger partial charge < -0.3 is 14.6 Å². The third-order valence-electron chi connectivity index (χ3n) is 4.28. The Balaban J connectivity index is 0.00000242. The molecule has 0 aromatic heterocycles. The molecule has 3 atom stereocenters. The second-order valence-corrected chi connectivity index (χ2v) is 5.97. The topological polar surface area (TPSA) is 41.9 Å². The first kappa shape index (κ1) is 19.1. The van der Waals surface area contributed by atoms with Crippen LogP contribution in [0.2, 0.25) is 0 Å². The number of hydrogen-bond acceptors (Lipinski definition) is 4. The number of hydrogen-bond donors (Lipinski definition) is 1. The molecule has 1 saturated heterocycles. The maximum atomic E-state index is 10.2. The second kappa shape index (κ2) is 9.23. The molecule has 1 aromatic carbocycles. The highest BCUT2D eigenvalue weighted by Crippen LogP contribution is 2.23. The fraction of sp³-hybridized carbons (Fsp3) is 0.647. The van der Waals surface area contributed by atoms with Crippen LogP contribution in [0.4, 0.5) is 0 Å². The monoisotopic (exact) mass is 329 g/mol. The zero-order valence-corrected chi connectivity index (χ0v) is 14.5. The van der Waals surface area contributed by atoms with Gasteiger partial charge in [0.1, 0.15) is 24.2 Å². The summed E-state index contributed by atoms with van der Waals surface area (Å²) in [7, 11) is 1.63. The number of rotatable bonds is 6. The van der Waals surface area contributed by atoms with Gasteiger partial charge in [0.25, 0.3) is 0 Å². The summed E-state index contributed by atoms with van der Waals surface area (Å²) in [6, 6.07) is 8.55. The smallest absolute Gasteiger partial charge is 0.123 e. The lowest BCUT2D eigenvalue weighted by atomic mass is 9.97. The number of benzene rings is 1. The van der Waals surface area contributed by atoms with Crippen LogP contribution in [-0.4, -0.2) is 48.5 Å². The minimum Gasteiger partial charge on any atom is -0.497 e. The predicted molar refractivity (Wildman–Crippen MR) is 91.2 cm³/mol. The van der Waals surface area contributed by atoms with Crippen LogP contribution in [0.1, 0.15) is 33.1 Å². The Morgan fingerprint density at radius 1 is 1.23 bits per heavy atom. The lowest BCUT2D eigenvalue weighted by molar-refractivity contribution is 0.0208. The molecule has 0 saturated carbocycles. The van der Waals surface area contributed by atoms with Crippen molar-refractivity contribution in [2.24, 2.45) is 0 Å². The molecule has 0 aliphatic carbocycles. The third kappa shape index (κ3) is 5.34. The SMILES string of the molecule is COc1cccc(OCC(O)CN2C(C)CCCC2C)c1.Cl. The van der Waals surface area contributed by atoms with Gasteiger partial charge in [-0.15, -0.1) is 12.4 Å². The number of piperidine rings is 1. The molecule has 5 heteroatoms. The van der Waals surface area contributed by atoms with Crippen molar-refractivity contribution in [2.45, 2.75) is 51.3 Å². The summed E-state index contributed by atoms with van der Waals surface area (Å²) >= 11 is 0. The molecule has 0 bridgehead atoms. The van der Waals surface area contributed by atoms with E-state index in [1.807, 2.05) is 24.3 Å². The number of likely N-dealkylation sites (tertiary alicyclic amines) is 1. The second-order valence-electron chi connectivity index (χ2n) is 5.97. The number of nitrogens with zero attached hydrogens (tertiary/aromatic N) is 1. The molecule has 4 nitrogen and oxygen atoms in total. The van der Waals surface area contributed by atoms with Crippen molar-refractivity contribution < 1.29 is 14.6 Å². The van der Waals surface area contributed by atoms with E-state index in [4.69, 9.17) is 9.47 Å². The highest BCUT2D eigenvalue weighted by molar-refractivity contribution is 5.85. The van der Waals surface area contributed by atoms with Crippen LogP contribution >= 0.6 is 12.4 Å². The van der Waals surface area contributed by atoms with Gasteiger partial charge in [-0.05, 0) is 38.8 Å². The molecule has 0 amide bonds. The van der Waals surface area contributed by atoms with Gasteiger partial charge in [-0.1, -0.05) is 12.5 Å². The van der Waals surface area contributed by atoms with Crippen molar-refractivity contribution in [3.05, 3.63) is 24.3 Å². The molecule has 1 aliphatic rings. The fourth-order valence-corrected chi connectivity index (χ4v) is 3.01. The van der Waals surface area contributed by atoms with Crippen molar-refractivity contribution in [1.29, 1.82) is 0 Å². The van der Waals surface area contributed by atoms with Crippen LogP contribution in [-0.2, 0) is 0 Å². The zero-order valence-electron chi connectivity index (χ0n) is 13.7. The van der Waals surface area contributed by atoms with Gasteiger partial charge in [0.05, 0.1) is 7.11 Å². The van der Waals surface area contributed by atoms with E-state index in [9.17, 15) is 5.11 Å². The average Bonchev–Trinajstić information content (AvgIpc) is 2.49. The van der Waals surface area contributed by atoms with Crippen molar-refractivity contribution in [3.8, 4) is 11.5 Å². The van der Waals surface area contributed by atoms with Crippen LogP contribution < -0.4 is 9.47 Å². The lowest BCUT2D eigenvalue weighted by Gasteiger charge is -2.40. The lowest BCUT2D eigenvalue weighted by Crippen LogP contribution is -2.48. The summed E-state index contributed by atoms with van der Waals surface area (Å²) in [4.78, 5) is 2.39. The van der Waals surface area contributed by atoms with E-state index >= 15 is 0 Å². The number of halogens is 1. The van der Waals surface area contributed by atoms with E-state index in [2.05, 4.69) is 18.7 Å². The van der Waals surface area contributed by atoms with E-state index < -0.39 is 6.10 Å². The number of aliphatic hydroxyl groups is 1. The molecular formula is C17H28ClNO3. The van der Waals surface area contributed by atoms with Gasteiger partial charge in [-0.25, -0.2) is 0 Å². The van der Waals surface area contributed by atoms with Gasteiger partial charge in [0.15, 0.2) is 0 Å². The van der Waals surface area contributed by atoms with Crippen molar-refractivity contribution in [2.75, 3.05) is 20.3 Å². The minimum atomic E-state index is -0.473. The molecule has 22 heavy (non-hydrogen) atoms. The van der Waals surface area contributed by atoms with Crippen molar-refractivity contribution >= 4 is 12.4 Å². The maximum absolute atomic E-state index is 10.2. The Kier molecular flexibility index (Phi) is 8.01. The fourth-order valence-electron chi connectivity index (χ4n) is 3.01. The van der Waals surface area contributed by atoms with Gasteiger partial charge in [0.2, 0.25) is 0 Å². The molecule has 1 fully saturated rings. The van der Waals surface area contributed by atoms with Crippen LogP contribution in [0.3, 0.4) is 0 Å². The summed E-state index contributed by atoms with van der Waals surface area (Å²) < 4.78 is 10.8. The summed E-state index contributed by atoms with van der Waals surface area (Å²) in [6.07, 6.45) is 3.25. The van der Waals surface area contributed by atoms with E-state index in [0.29, 0.717) is 25.2 Å². The molecule has 1 aliphatic heterocycles. The predicted octanol–water partition coefficient (Wildman–Crippen LogP) is 3.12. The molecule has 0 spiro atoms. The zero-order chi connectivity index (χ0) is 15.2. The number of ether oxygens (including phenoxy) is 2.